The predicted molar refractivity (Wildman–Crippen MR) is 56.1 cm³/mol. The zero-order valence-electron chi connectivity index (χ0n) is 7.15. The number of hydrogen-bond acceptors (Lipinski definition) is 1. The summed E-state index contributed by atoms with van der Waals surface area (Å²) >= 11 is 2.46. The lowest BCUT2D eigenvalue weighted by Gasteiger charge is -2.10. The molecule has 0 amide bonds. The summed E-state index contributed by atoms with van der Waals surface area (Å²) < 4.78 is 0.752. The highest BCUT2D eigenvalue weighted by Gasteiger charge is 2.51. The monoisotopic (exact) mass is 268 g/mol. The Balaban J connectivity index is 2.14. The first kappa shape index (κ1) is 9.78. The van der Waals surface area contributed by atoms with Gasteiger partial charge in [0.25, 0.3) is 0 Å². The van der Waals surface area contributed by atoms with Gasteiger partial charge in [-0.3, -0.25) is 0 Å². The smallest absolute Gasteiger partial charge is 0.0497 e. The summed E-state index contributed by atoms with van der Waals surface area (Å²) in [4.78, 5) is 0. The van der Waals surface area contributed by atoms with E-state index in [1.165, 1.54) is 32.1 Å². The van der Waals surface area contributed by atoms with E-state index in [2.05, 4.69) is 29.5 Å². The molecule has 1 aliphatic rings. The molecule has 66 valence electrons. The second-order valence-corrected chi connectivity index (χ2v) is 5.15. The van der Waals surface area contributed by atoms with Gasteiger partial charge in [-0.25, -0.2) is 0 Å². The molecule has 1 rings (SSSR count). The van der Waals surface area contributed by atoms with Gasteiger partial charge in [0.2, 0.25) is 0 Å². The van der Waals surface area contributed by atoms with E-state index >= 15 is 0 Å². The van der Waals surface area contributed by atoms with Crippen molar-refractivity contribution < 1.29 is 5.11 Å². The summed E-state index contributed by atoms with van der Waals surface area (Å²) in [5.74, 6) is 0. The molecule has 0 bridgehead atoms. The Morgan fingerprint density at radius 2 is 2.18 bits per heavy atom. The third-order valence-electron chi connectivity index (χ3n) is 2.68. The summed E-state index contributed by atoms with van der Waals surface area (Å²) in [6.45, 7) is 2.63. The van der Waals surface area contributed by atoms with Crippen LogP contribution < -0.4 is 0 Å². The molecular weight excluding hydrogens is 251 g/mol. The number of alkyl halides is 1. The van der Waals surface area contributed by atoms with Gasteiger partial charge in [0.05, 0.1) is 0 Å². The SMILES string of the molecule is CCCCC[C@@]1(CO)C[C@@H]1I. The van der Waals surface area contributed by atoms with Crippen molar-refractivity contribution in [1.82, 2.24) is 0 Å². The standard InChI is InChI=1S/C9H17IO/c1-2-3-4-5-9(7-11)6-8(9)10/h8,11H,2-7H2,1H3/t8-,9-/m0/s1. The Kier molecular flexibility index (Phi) is 3.62. The minimum absolute atomic E-state index is 0.343. The van der Waals surface area contributed by atoms with Crippen LogP contribution in [-0.4, -0.2) is 15.6 Å². The molecule has 0 spiro atoms. The molecule has 2 atom stereocenters. The highest BCUT2D eigenvalue weighted by Crippen LogP contribution is 2.54. The first-order chi connectivity index (χ1) is 5.25. The maximum atomic E-state index is 9.12. The van der Waals surface area contributed by atoms with Crippen LogP contribution >= 0.6 is 22.6 Å². The van der Waals surface area contributed by atoms with Crippen LogP contribution in [0.3, 0.4) is 0 Å². The maximum Gasteiger partial charge on any atom is 0.0497 e. The van der Waals surface area contributed by atoms with Gasteiger partial charge >= 0.3 is 0 Å². The molecule has 0 unspecified atom stereocenters. The average molecular weight is 268 g/mol. The Bertz CT molecular complexity index is 123. The van der Waals surface area contributed by atoms with E-state index in [9.17, 15) is 0 Å². The average Bonchev–Trinajstić information content (AvgIpc) is 2.64. The van der Waals surface area contributed by atoms with Crippen LogP contribution in [0, 0.1) is 5.41 Å². The Labute approximate surface area is 82.7 Å². The molecule has 0 aromatic heterocycles. The minimum atomic E-state index is 0.343. The Morgan fingerprint density at radius 3 is 2.55 bits per heavy atom. The Morgan fingerprint density at radius 1 is 1.55 bits per heavy atom. The molecule has 2 heteroatoms. The van der Waals surface area contributed by atoms with Gasteiger partial charge in [-0.2, -0.15) is 0 Å². The molecule has 1 N–H and O–H groups in total. The quantitative estimate of drug-likeness (QED) is 0.462. The van der Waals surface area contributed by atoms with Crippen LogP contribution in [0.1, 0.15) is 39.0 Å². The summed E-state index contributed by atoms with van der Waals surface area (Å²) in [5, 5.41) is 9.12. The lowest BCUT2D eigenvalue weighted by atomic mass is 10.00. The third-order valence-corrected chi connectivity index (χ3v) is 4.44. The van der Waals surface area contributed by atoms with E-state index < -0.39 is 0 Å². The number of aliphatic hydroxyl groups is 1. The zero-order valence-corrected chi connectivity index (χ0v) is 9.30. The van der Waals surface area contributed by atoms with E-state index in [4.69, 9.17) is 5.11 Å². The molecule has 1 nitrogen and oxygen atoms in total. The summed E-state index contributed by atoms with van der Waals surface area (Å²) in [6, 6.07) is 0. The topological polar surface area (TPSA) is 20.2 Å². The summed E-state index contributed by atoms with van der Waals surface area (Å²) in [5.41, 5.74) is 0.343. The molecule has 0 radical (unpaired) electrons. The van der Waals surface area contributed by atoms with Gasteiger partial charge in [0.1, 0.15) is 0 Å². The van der Waals surface area contributed by atoms with E-state index in [1.54, 1.807) is 0 Å². The number of aliphatic hydroxyl groups excluding tert-OH is 1. The van der Waals surface area contributed by atoms with Gasteiger partial charge in [-0.1, -0.05) is 48.8 Å². The van der Waals surface area contributed by atoms with Gasteiger partial charge in [0.15, 0.2) is 0 Å². The molecule has 0 saturated heterocycles. The van der Waals surface area contributed by atoms with Crippen LogP contribution in [0.2, 0.25) is 0 Å². The highest BCUT2D eigenvalue weighted by molar-refractivity contribution is 14.1. The molecule has 11 heavy (non-hydrogen) atoms. The van der Waals surface area contributed by atoms with Crippen LogP contribution in [0.4, 0.5) is 0 Å². The van der Waals surface area contributed by atoms with Gasteiger partial charge in [0, 0.05) is 15.9 Å². The van der Waals surface area contributed by atoms with Gasteiger partial charge < -0.3 is 5.11 Å². The van der Waals surface area contributed by atoms with Crippen LogP contribution in [-0.2, 0) is 0 Å². The molecule has 0 heterocycles. The fourth-order valence-corrected chi connectivity index (χ4v) is 2.91. The molecule has 0 aromatic rings. The fourth-order valence-electron chi connectivity index (χ4n) is 1.53. The van der Waals surface area contributed by atoms with Crippen molar-refractivity contribution in [3.05, 3.63) is 0 Å². The van der Waals surface area contributed by atoms with Gasteiger partial charge in [-0.05, 0) is 12.8 Å². The molecule has 1 fully saturated rings. The molecule has 1 saturated carbocycles. The lowest BCUT2D eigenvalue weighted by molar-refractivity contribution is 0.202. The van der Waals surface area contributed by atoms with Crippen molar-refractivity contribution in [3.8, 4) is 0 Å². The van der Waals surface area contributed by atoms with Crippen molar-refractivity contribution in [2.45, 2.75) is 43.0 Å². The normalized spacial score (nSPS) is 35.7. The predicted octanol–water partition coefficient (Wildman–Crippen LogP) is 2.75. The first-order valence-corrected chi connectivity index (χ1v) is 5.74. The van der Waals surface area contributed by atoms with Gasteiger partial charge in [-0.15, -0.1) is 0 Å². The lowest BCUT2D eigenvalue weighted by Crippen LogP contribution is -2.09. The number of rotatable bonds is 5. The number of unbranched alkanes of at least 4 members (excludes halogenated alkanes) is 2. The second-order valence-electron chi connectivity index (χ2n) is 3.65. The highest BCUT2D eigenvalue weighted by atomic mass is 127. The van der Waals surface area contributed by atoms with Crippen LogP contribution in [0.25, 0.3) is 0 Å². The van der Waals surface area contributed by atoms with Crippen molar-refractivity contribution in [1.29, 1.82) is 0 Å². The Hall–Kier alpha value is 0.690. The van der Waals surface area contributed by atoms with E-state index in [-0.39, 0.29) is 0 Å². The number of halogens is 1. The molecule has 0 aliphatic heterocycles. The van der Waals surface area contributed by atoms with Crippen molar-refractivity contribution in [3.63, 3.8) is 0 Å². The fraction of sp³-hybridized carbons (Fsp3) is 1.00. The van der Waals surface area contributed by atoms with Crippen LogP contribution in [0.5, 0.6) is 0 Å². The van der Waals surface area contributed by atoms with E-state index in [0.29, 0.717) is 12.0 Å². The molecule has 0 aromatic carbocycles. The van der Waals surface area contributed by atoms with E-state index in [1.807, 2.05) is 0 Å². The van der Waals surface area contributed by atoms with Crippen LogP contribution in [0.15, 0.2) is 0 Å². The second kappa shape index (κ2) is 4.08. The maximum absolute atomic E-state index is 9.12. The van der Waals surface area contributed by atoms with Crippen molar-refractivity contribution in [2.24, 2.45) is 5.41 Å². The first-order valence-electron chi connectivity index (χ1n) is 4.50. The summed E-state index contributed by atoms with van der Waals surface area (Å²) in [7, 11) is 0. The van der Waals surface area contributed by atoms with Crippen molar-refractivity contribution >= 4 is 22.6 Å². The third kappa shape index (κ3) is 2.31. The van der Waals surface area contributed by atoms with E-state index in [0.717, 1.165) is 3.92 Å². The minimum Gasteiger partial charge on any atom is -0.396 e. The largest absolute Gasteiger partial charge is 0.396 e. The number of hydrogen-bond donors (Lipinski definition) is 1. The molecule has 1 aliphatic carbocycles. The zero-order chi connectivity index (χ0) is 8.32. The van der Waals surface area contributed by atoms with Crippen molar-refractivity contribution in [2.75, 3.05) is 6.61 Å². The summed E-state index contributed by atoms with van der Waals surface area (Å²) in [6.07, 6.45) is 6.40. The molecular formula is C9H17IO.